The quantitative estimate of drug-likeness (QED) is 0.591. The number of nitrogens with two attached hydrogens (primary N) is 1. The van der Waals surface area contributed by atoms with E-state index in [4.69, 9.17) is 15.5 Å². The van der Waals surface area contributed by atoms with Crippen molar-refractivity contribution in [1.82, 2.24) is 9.55 Å². The van der Waals surface area contributed by atoms with E-state index in [0.717, 1.165) is 23.4 Å². The Bertz CT molecular complexity index is 854. The normalized spacial score (nSPS) is 10.9. The first-order chi connectivity index (χ1) is 11.2. The Kier molecular flexibility index (Phi) is 4.02. The Balaban J connectivity index is 2.21. The van der Waals surface area contributed by atoms with Gasteiger partial charge in [-0.15, -0.1) is 0 Å². The summed E-state index contributed by atoms with van der Waals surface area (Å²) in [5.74, 6) is 0.462. The number of esters is 1. The van der Waals surface area contributed by atoms with Gasteiger partial charge >= 0.3 is 5.97 Å². The molecule has 0 saturated heterocycles. The van der Waals surface area contributed by atoms with Crippen LogP contribution in [0.25, 0.3) is 22.4 Å². The lowest BCUT2D eigenvalue weighted by atomic mass is 10.1. The second-order valence-electron chi connectivity index (χ2n) is 5.20. The number of carbonyl (C=O) groups is 1. The van der Waals surface area contributed by atoms with Gasteiger partial charge in [0, 0.05) is 12.1 Å². The second-order valence-corrected chi connectivity index (χ2v) is 5.20. The summed E-state index contributed by atoms with van der Waals surface area (Å²) < 4.78 is 7.12. The van der Waals surface area contributed by atoms with E-state index in [1.165, 1.54) is 0 Å². The highest BCUT2D eigenvalue weighted by molar-refractivity contribution is 5.99. The summed E-state index contributed by atoms with van der Waals surface area (Å²) in [6.07, 6.45) is 0. The number of imidazole rings is 1. The van der Waals surface area contributed by atoms with E-state index in [2.05, 4.69) is 4.57 Å². The zero-order valence-corrected chi connectivity index (χ0v) is 13.2. The fraction of sp³-hybridized carbons (Fsp3) is 0.222. The van der Waals surface area contributed by atoms with Crippen LogP contribution in [0.1, 0.15) is 24.2 Å². The van der Waals surface area contributed by atoms with Crippen LogP contribution in [0.2, 0.25) is 0 Å². The molecule has 0 amide bonds. The second kappa shape index (κ2) is 6.12. The highest BCUT2D eigenvalue weighted by Crippen LogP contribution is 2.29. The van der Waals surface area contributed by atoms with Gasteiger partial charge in [-0.3, -0.25) is 0 Å². The maximum absolute atomic E-state index is 12.0. The van der Waals surface area contributed by atoms with Gasteiger partial charge in [0.2, 0.25) is 0 Å². The standard InChI is InChI=1S/C18H19N3O2/c1-3-21-16-14(19)10-13(18(22)23-4-2)11-15(16)20-17(21)12-8-6-5-7-9-12/h5-11H,3-4,19H2,1-2H3. The fourth-order valence-corrected chi connectivity index (χ4v) is 2.75. The molecule has 2 aromatic carbocycles. The SMILES string of the molecule is CCOC(=O)c1cc(N)c2c(c1)nc(-c1ccccc1)n2CC. The molecule has 0 saturated carbocycles. The number of nitrogen functional groups attached to an aromatic ring is 1. The van der Waals surface area contributed by atoms with E-state index in [9.17, 15) is 4.79 Å². The van der Waals surface area contributed by atoms with Crippen molar-refractivity contribution in [1.29, 1.82) is 0 Å². The molecule has 0 aliphatic rings. The molecule has 0 aliphatic heterocycles. The molecule has 118 valence electrons. The molecule has 2 N–H and O–H groups in total. The molecular formula is C18H19N3O2. The van der Waals surface area contributed by atoms with Crippen LogP contribution in [-0.2, 0) is 11.3 Å². The van der Waals surface area contributed by atoms with Crippen LogP contribution >= 0.6 is 0 Å². The van der Waals surface area contributed by atoms with Crippen molar-refractivity contribution in [3.8, 4) is 11.4 Å². The zero-order valence-electron chi connectivity index (χ0n) is 13.2. The summed E-state index contributed by atoms with van der Waals surface area (Å²) >= 11 is 0. The Morgan fingerprint density at radius 3 is 2.61 bits per heavy atom. The van der Waals surface area contributed by atoms with Crippen molar-refractivity contribution in [3.63, 3.8) is 0 Å². The van der Waals surface area contributed by atoms with Gasteiger partial charge in [-0.25, -0.2) is 9.78 Å². The Morgan fingerprint density at radius 2 is 1.96 bits per heavy atom. The van der Waals surface area contributed by atoms with Gasteiger partial charge < -0.3 is 15.0 Å². The molecule has 0 unspecified atom stereocenters. The molecule has 0 fully saturated rings. The molecule has 3 rings (SSSR count). The minimum absolute atomic E-state index is 0.329. The van der Waals surface area contributed by atoms with Gasteiger partial charge in [-0.1, -0.05) is 30.3 Å². The Hall–Kier alpha value is -2.82. The number of carbonyl (C=O) groups excluding carboxylic acids is 1. The molecule has 5 heteroatoms. The van der Waals surface area contributed by atoms with Crippen LogP contribution < -0.4 is 5.73 Å². The number of hydrogen-bond acceptors (Lipinski definition) is 4. The fourth-order valence-electron chi connectivity index (χ4n) is 2.75. The van der Waals surface area contributed by atoms with Crippen molar-refractivity contribution in [3.05, 3.63) is 48.0 Å². The van der Waals surface area contributed by atoms with Gasteiger partial charge in [-0.05, 0) is 26.0 Å². The van der Waals surface area contributed by atoms with E-state index < -0.39 is 0 Å². The monoisotopic (exact) mass is 309 g/mol. The average molecular weight is 309 g/mol. The van der Waals surface area contributed by atoms with E-state index in [1.54, 1.807) is 19.1 Å². The number of fused-ring (bicyclic) bond motifs is 1. The van der Waals surface area contributed by atoms with E-state index >= 15 is 0 Å². The summed E-state index contributed by atoms with van der Waals surface area (Å²) in [5, 5.41) is 0. The Labute approximate surface area is 134 Å². The van der Waals surface area contributed by atoms with Crippen LogP contribution in [0.5, 0.6) is 0 Å². The third kappa shape index (κ3) is 2.65. The van der Waals surface area contributed by atoms with Gasteiger partial charge in [0.05, 0.1) is 28.9 Å². The summed E-state index contributed by atoms with van der Waals surface area (Å²) in [6.45, 7) is 4.89. The first-order valence-electron chi connectivity index (χ1n) is 7.68. The predicted octanol–water partition coefficient (Wildman–Crippen LogP) is 3.48. The lowest BCUT2D eigenvalue weighted by Crippen LogP contribution is -2.06. The maximum atomic E-state index is 12.0. The topological polar surface area (TPSA) is 70.1 Å². The Morgan fingerprint density at radius 1 is 1.22 bits per heavy atom. The van der Waals surface area contributed by atoms with Crippen LogP contribution in [0.3, 0.4) is 0 Å². The molecule has 0 bridgehead atoms. The lowest BCUT2D eigenvalue weighted by molar-refractivity contribution is 0.0526. The number of benzene rings is 2. The molecule has 23 heavy (non-hydrogen) atoms. The minimum atomic E-state index is -0.381. The van der Waals surface area contributed by atoms with Crippen molar-refractivity contribution in [2.45, 2.75) is 20.4 Å². The summed E-state index contributed by atoms with van der Waals surface area (Å²) in [4.78, 5) is 16.7. The smallest absolute Gasteiger partial charge is 0.338 e. The third-order valence-corrected chi connectivity index (χ3v) is 3.73. The summed E-state index contributed by atoms with van der Waals surface area (Å²) in [6, 6.07) is 13.3. The first-order valence-corrected chi connectivity index (χ1v) is 7.68. The van der Waals surface area contributed by atoms with Gasteiger partial charge in [-0.2, -0.15) is 0 Å². The van der Waals surface area contributed by atoms with Crippen molar-refractivity contribution >= 4 is 22.7 Å². The van der Waals surface area contributed by atoms with Crippen molar-refractivity contribution < 1.29 is 9.53 Å². The molecule has 3 aromatic rings. The van der Waals surface area contributed by atoms with E-state index in [-0.39, 0.29) is 5.97 Å². The highest BCUT2D eigenvalue weighted by Gasteiger charge is 2.17. The number of anilines is 1. The van der Waals surface area contributed by atoms with Crippen LogP contribution in [0, 0.1) is 0 Å². The van der Waals surface area contributed by atoms with Gasteiger partial charge in [0.15, 0.2) is 0 Å². The molecule has 5 nitrogen and oxygen atoms in total. The molecule has 1 heterocycles. The van der Waals surface area contributed by atoms with Crippen molar-refractivity contribution in [2.24, 2.45) is 0 Å². The lowest BCUT2D eigenvalue weighted by Gasteiger charge is -2.08. The molecule has 0 spiro atoms. The van der Waals surface area contributed by atoms with Crippen LogP contribution in [-0.4, -0.2) is 22.1 Å². The number of nitrogens with zero attached hydrogens (tertiary/aromatic N) is 2. The van der Waals surface area contributed by atoms with Crippen LogP contribution in [0.4, 0.5) is 5.69 Å². The van der Waals surface area contributed by atoms with Crippen LogP contribution in [0.15, 0.2) is 42.5 Å². The summed E-state index contributed by atoms with van der Waals surface area (Å²) in [5.41, 5.74) is 9.71. The molecule has 0 radical (unpaired) electrons. The van der Waals surface area contributed by atoms with Crippen molar-refractivity contribution in [2.75, 3.05) is 12.3 Å². The number of rotatable bonds is 4. The predicted molar refractivity (Wildman–Crippen MR) is 91.2 cm³/mol. The minimum Gasteiger partial charge on any atom is -0.462 e. The number of aryl methyl sites for hydroxylation is 1. The zero-order chi connectivity index (χ0) is 16.4. The van der Waals surface area contributed by atoms with E-state index in [0.29, 0.717) is 23.4 Å². The van der Waals surface area contributed by atoms with E-state index in [1.807, 2.05) is 37.3 Å². The average Bonchev–Trinajstić information content (AvgIpc) is 2.95. The van der Waals surface area contributed by atoms with Gasteiger partial charge in [0.25, 0.3) is 0 Å². The number of ether oxygens (including phenoxy) is 1. The first kappa shape index (κ1) is 15.1. The number of aromatic nitrogens is 2. The highest BCUT2D eigenvalue weighted by atomic mass is 16.5. The largest absolute Gasteiger partial charge is 0.462 e. The third-order valence-electron chi connectivity index (χ3n) is 3.73. The maximum Gasteiger partial charge on any atom is 0.338 e. The number of hydrogen-bond donors (Lipinski definition) is 1. The molecular weight excluding hydrogens is 290 g/mol. The van der Waals surface area contributed by atoms with Gasteiger partial charge in [0.1, 0.15) is 5.82 Å². The molecule has 1 aromatic heterocycles. The summed E-state index contributed by atoms with van der Waals surface area (Å²) in [7, 11) is 0. The molecule has 0 aliphatic carbocycles. The molecule has 0 atom stereocenters.